The average Bonchev–Trinajstić information content (AvgIpc) is 2.43. The molecule has 0 fully saturated rings. The van der Waals surface area contributed by atoms with Crippen LogP contribution < -0.4 is 4.74 Å². The number of halogens is 1. The largest absolute Gasteiger partial charge is 0.496 e. The summed E-state index contributed by atoms with van der Waals surface area (Å²) in [5.41, 5.74) is 0.864. The maximum Gasteiger partial charge on any atom is 0.303 e. The van der Waals surface area contributed by atoms with Crippen LogP contribution in [-0.2, 0) is 4.79 Å². The number of carboxylic acid groups (broad SMARTS) is 1. The third-order valence-corrected chi connectivity index (χ3v) is 3.51. The van der Waals surface area contributed by atoms with Crippen LogP contribution in [0.1, 0.15) is 23.8 Å². The summed E-state index contributed by atoms with van der Waals surface area (Å²) >= 11 is 6.37. The number of alkyl halides is 1. The van der Waals surface area contributed by atoms with Crippen molar-refractivity contribution in [2.45, 2.75) is 18.2 Å². The van der Waals surface area contributed by atoms with E-state index in [1.807, 2.05) is 36.4 Å². The molecule has 0 heterocycles. The van der Waals surface area contributed by atoms with Crippen LogP contribution in [0.3, 0.4) is 0 Å². The Labute approximate surface area is 116 Å². The Hall–Kier alpha value is -1.74. The van der Waals surface area contributed by atoms with Gasteiger partial charge in [-0.05, 0) is 23.3 Å². The zero-order valence-corrected chi connectivity index (χ0v) is 11.4. The minimum atomic E-state index is -0.843. The van der Waals surface area contributed by atoms with E-state index in [2.05, 4.69) is 0 Å². The van der Waals surface area contributed by atoms with E-state index in [0.29, 0.717) is 12.2 Å². The Morgan fingerprint density at radius 3 is 2.74 bits per heavy atom. The standard InChI is InChI=1S/C15H15ClO3/c1-19-13-8-6-10-4-2-3-5-11(10)15(13)12(16)7-9-14(17)18/h2-6,8,12H,7,9H2,1H3,(H,17,18). The second-order valence-corrected chi connectivity index (χ2v) is 4.83. The fourth-order valence-electron chi connectivity index (χ4n) is 2.17. The quantitative estimate of drug-likeness (QED) is 0.841. The van der Waals surface area contributed by atoms with Crippen molar-refractivity contribution in [2.75, 3.05) is 7.11 Å². The highest BCUT2D eigenvalue weighted by Crippen LogP contribution is 2.38. The van der Waals surface area contributed by atoms with Crippen LogP contribution in [0.2, 0.25) is 0 Å². The van der Waals surface area contributed by atoms with Crippen molar-refractivity contribution in [3.8, 4) is 5.75 Å². The lowest BCUT2D eigenvalue weighted by Crippen LogP contribution is -2.01. The maximum atomic E-state index is 10.7. The average molecular weight is 279 g/mol. The van der Waals surface area contributed by atoms with E-state index in [1.54, 1.807) is 7.11 Å². The molecule has 2 aromatic rings. The van der Waals surface area contributed by atoms with Crippen LogP contribution in [0.25, 0.3) is 10.8 Å². The highest BCUT2D eigenvalue weighted by Gasteiger charge is 2.17. The van der Waals surface area contributed by atoms with Gasteiger partial charge in [0, 0.05) is 12.0 Å². The lowest BCUT2D eigenvalue weighted by atomic mass is 9.98. The number of hydrogen-bond donors (Lipinski definition) is 1. The van der Waals surface area contributed by atoms with Crippen LogP contribution >= 0.6 is 11.6 Å². The molecule has 1 N–H and O–H groups in total. The fraction of sp³-hybridized carbons (Fsp3) is 0.267. The van der Waals surface area contributed by atoms with Crippen LogP contribution in [0.15, 0.2) is 36.4 Å². The Kier molecular flexibility index (Phi) is 4.27. The molecule has 0 amide bonds. The molecular weight excluding hydrogens is 264 g/mol. The van der Waals surface area contributed by atoms with Crippen molar-refractivity contribution in [2.24, 2.45) is 0 Å². The summed E-state index contributed by atoms with van der Waals surface area (Å²) in [6.45, 7) is 0. The summed E-state index contributed by atoms with van der Waals surface area (Å²) in [5, 5.41) is 10.5. The van der Waals surface area contributed by atoms with E-state index >= 15 is 0 Å². The molecule has 0 bridgehead atoms. The van der Waals surface area contributed by atoms with E-state index in [-0.39, 0.29) is 11.8 Å². The highest BCUT2D eigenvalue weighted by atomic mass is 35.5. The Bertz CT molecular complexity index is 595. The Morgan fingerprint density at radius 2 is 2.05 bits per heavy atom. The minimum Gasteiger partial charge on any atom is -0.496 e. The number of benzene rings is 2. The van der Waals surface area contributed by atoms with Crippen LogP contribution in [0.5, 0.6) is 5.75 Å². The van der Waals surface area contributed by atoms with E-state index < -0.39 is 5.97 Å². The molecule has 19 heavy (non-hydrogen) atoms. The highest BCUT2D eigenvalue weighted by molar-refractivity contribution is 6.22. The molecule has 0 aliphatic rings. The van der Waals surface area contributed by atoms with Crippen LogP contribution in [0.4, 0.5) is 0 Å². The van der Waals surface area contributed by atoms with Crippen molar-refractivity contribution >= 4 is 28.3 Å². The molecule has 1 atom stereocenters. The summed E-state index contributed by atoms with van der Waals surface area (Å²) in [5.74, 6) is -0.144. The first-order valence-corrected chi connectivity index (χ1v) is 6.48. The molecule has 100 valence electrons. The summed E-state index contributed by atoms with van der Waals surface area (Å²) < 4.78 is 5.35. The molecule has 0 radical (unpaired) electrons. The van der Waals surface area contributed by atoms with Crippen LogP contribution in [-0.4, -0.2) is 18.2 Å². The topological polar surface area (TPSA) is 46.5 Å². The molecule has 0 aliphatic carbocycles. The fourth-order valence-corrected chi connectivity index (χ4v) is 2.51. The third kappa shape index (κ3) is 2.99. The lowest BCUT2D eigenvalue weighted by Gasteiger charge is -2.16. The van der Waals surface area contributed by atoms with Gasteiger partial charge >= 0.3 is 5.97 Å². The molecule has 0 aromatic heterocycles. The van der Waals surface area contributed by atoms with Crippen molar-refractivity contribution in [1.82, 2.24) is 0 Å². The van der Waals surface area contributed by atoms with E-state index in [1.165, 1.54) is 0 Å². The molecule has 0 saturated heterocycles. The predicted octanol–water partition coefficient (Wildman–Crippen LogP) is 3.99. The first-order chi connectivity index (χ1) is 9.13. The maximum absolute atomic E-state index is 10.7. The van der Waals surface area contributed by atoms with Gasteiger partial charge in [-0.15, -0.1) is 11.6 Å². The van der Waals surface area contributed by atoms with Gasteiger partial charge in [-0.25, -0.2) is 0 Å². The molecule has 0 aliphatic heterocycles. The molecule has 3 nitrogen and oxygen atoms in total. The van der Waals surface area contributed by atoms with Gasteiger partial charge in [-0.1, -0.05) is 30.3 Å². The smallest absolute Gasteiger partial charge is 0.303 e. The molecule has 4 heteroatoms. The third-order valence-electron chi connectivity index (χ3n) is 3.08. The zero-order valence-electron chi connectivity index (χ0n) is 10.6. The zero-order chi connectivity index (χ0) is 13.8. The van der Waals surface area contributed by atoms with Gasteiger partial charge in [-0.3, -0.25) is 4.79 Å². The van der Waals surface area contributed by atoms with Gasteiger partial charge in [0.2, 0.25) is 0 Å². The van der Waals surface area contributed by atoms with E-state index in [4.69, 9.17) is 21.4 Å². The van der Waals surface area contributed by atoms with Crippen LogP contribution in [0, 0.1) is 0 Å². The van der Waals surface area contributed by atoms with E-state index in [0.717, 1.165) is 16.3 Å². The predicted molar refractivity (Wildman–Crippen MR) is 76.0 cm³/mol. The molecular formula is C15H15ClO3. The van der Waals surface area contributed by atoms with Gasteiger partial charge in [0.25, 0.3) is 0 Å². The monoisotopic (exact) mass is 278 g/mol. The Morgan fingerprint density at radius 1 is 1.32 bits per heavy atom. The number of fused-ring (bicyclic) bond motifs is 1. The number of carbonyl (C=O) groups is 1. The molecule has 0 saturated carbocycles. The number of aliphatic carboxylic acids is 1. The normalized spacial score (nSPS) is 12.3. The minimum absolute atomic E-state index is 0.0422. The van der Waals surface area contributed by atoms with Crippen molar-refractivity contribution < 1.29 is 14.6 Å². The Balaban J connectivity index is 2.46. The van der Waals surface area contributed by atoms with Gasteiger partial charge in [-0.2, -0.15) is 0 Å². The van der Waals surface area contributed by atoms with Crippen molar-refractivity contribution in [3.05, 3.63) is 42.0 Å². The molecule has 0 spiro atoms. The molecule has 2 aromatic carbocycles. The second kappa shape index (κ2) is 5.93. The first-order valence-electron chi connectivity index (χ1n) is 6.05. The number of hydrogen-bond acceptors (Lipinski definition) is 2. The van der Waals surface area contributed by atoms with Gasteiger partial charge in [0.15, 0.2) is 0 Å². The summed E-state index contributed by atoms with van der Waals surface area (Å²) in [6.07, 6.45) is 0.418. The number of rotatable bonds is 5. The summed E-state index contributed by atoms with van der Waals surface area (Å²) in [7, 11) is 1.59. The van der Waals surface area contributed by atoms with Gasteiger partial charge in [0.1, 0.15) is 5.75 Å². The summed E-state index contributed by atoms with van der Waals surface area (Å²) in [4.78, 5) is 10.7. The number of ether oxygens (including phenoxy) is 1. The first kappa shape index (κ1) is 13.7. The summed E-state index contributed by atoms with van der Waals surface area (Å²) in [6, 6.07) is 11.7. The lowest BCUT2D eigenvalue weighted by molar-refractivity contribution is -0.137. The van der Waals surface area contributed by atoms with Crippen molar-refractivity contribution in [3.63, 3.8) is 0 Å². The van der Waals surface area contributed by atoms with Crippen molar-refractivity contribution in [1.29, 1.82) is 0 Å². The van der Waals surface area contributed by atoms with Gasteiger partial charge < -0.3 is 9.84 Å². The number of carboxylic acids is 1. The van der Waals surface area contributed by atoms with Gasteiger partial charge in [0.05, 0.1) is 12.5 Å². The number of methoxy groups -OCH3 is 1. The molecule has 1 unspecified atom stereocenters. The molecule has 2 rings (SSSR count). The van der Waals surface area contributed by atoms with E-state index in [9.17, 15) is 4.79 Å². The SMILES string of the molecule is COc1ccc2ccccc2c1C(Cl)CCC(=O)O. The second-order valence-electron chi connectivity index (χ2n) is 4.30.